The molecule has 0 fully saturated rings. The molecule has 0 saturated carbocycles. The highest BCUT2D eigenvalue weighted by atomic mass is 16.5. The number of aryl methyl sites for hydroxylation is 2. The minimum atomic E-state index is -0.457. The molecule has 2 aromatic carbocycles. The third-order valence-corrected chi connectivity index (χ3v) is 4.72. The van der Waals surface area contributed by atoms with Crippen molar-refractivity contribution >= 4 is 11.8 Å². The number of hydrogen-bond acceptors (Lipinski definition) is 3. The fourth-order valence-electron chi connectivity index (χ4n) is 3.66. The van der Waals surface area contributed by atoms with Crippen LogP contribution in [0.1, 0.15) is 49.1 Å². The number of carbonyl (C=O) groups is 2. The topological polar surface area (TPSA) is 43.4 Å². The number of carbonyl (C=O) groups excluding carboxylic acids is 2. The Labute approximate surface area is 128 Å². The Balaban J connectivity index is 1.78. The fraction of sp³-hybridized carbons (Fsp3) is 0.263. The van der Waals surface area contributed by atoms with Crippen LogP contribution < -0.4 is 0 Å². The number of Topliss-reactive ketones (excluding diaryl/α,β-unsaturated/α-hetero) is 1. The Morgan fingerprint density at radius 2 is 1.91 bits per heavy atom. The summed E-state index contributed by atoms with van der Waals surface area (Å²) in [4.78, 5) is 24.9. The molecule has 2 atom stereocenters. The zero-order chi connectivity index (χ0) is 15.4. The van der Waals surface area contributed by atoms with Crippen LogP contribution in [0, 0.1) is 19.8 Å². The van der Waals surface area contributed by atoms with Gasteiger partial charge in [-0.05, 0) is 37.5 Å². The van der Waals surface area contributed by atoms with Gasteiger partial charge in [0, 0.05) is 11.1 Å². The molecule has 0 saturated heterocycles. The van der Waals surface area contributed by atoms with E-state index in [9.17, 15) is 9.59 Å². The van der Waals surface area contributed by atoms with Crippen molar-refractivity contribution < 1.29 is 14.3 Å². The monoisotopic (exact) mass is 292 g/mol. The maximum atomic E-state index is 12.8. The van der Waals surface area contributed by atoms with Crippen LogP contribution in [0.15, 0.2) is 36.4 Å². The molecule has 1 aliphatic heterocycles. The maximum Gasteiger partial charge on any atom is 0.339 e. The molecule has 0 amide bonds. The molecule has 3 heteroatoms. The summed E-state index contributed by atoms with van der Waals surface area (Å²) < 4.78 is 5.55. The molecule has 1 aliphatic carbocycles. The van der Waals surface area contributed by atoms with Crippen LogP contribution in [0.5, 0.6) is 0 Å². The third-order valence-electron chi connectivity index (χ3n) is 4.72. The summed E-state index contributed by atoms with van der Waals surface area (Å²) in [7, 11) is 0. The van der Waals surface area contributed by atoms with Crippen LogP contribution in [0.4, 0.5) is 0 Å². The van der Waals surface area contributed by atoms with Crippen LogP contribution in [0.25, 0.3) is 0 Å². The zero-order valence-electron chi connectivity index (χ0n) is 12.6. The normalized spacial score (nSPS) is 22.5. The minimum Gasteiger partial charge on any atom is -0.453 e. The quantitative estimate of drug-likeness (QED) is 0.755. The molecule has 3 nitrogen and oxygen atoms in total. The summed E-state index contributed by atoms with van der Waals surface area (Å²) in [6.45, 7) is 3.94. The van der Waals surface area contributed by atoms with Gasteiger partial charge in [0.05, 0.1) is 11.5 Å². The van der Waals surface area contributed by atoms with Crippen molar-refractivity contribution in [2.75, 3.05) is 0 Å². The molecule has 0 N–H and O–H groups in total. The highest BCUT2D eigenvalue weighted by Gasteiger charge is 2.44. The number of cyclic esters (lactones) is 1. The van der Waals surface area contributed by atoms with Crippen molar-refractivity contribution in [3.05, 3.63) is 69.8 Å². The van der Waals surface area contributed by atoms with Crippen LogP contribution >= 0.6 is 0 Å². The largest absolute Gasteiger partial charge is 0.453 e. The van der Waals surface area contributed by atoms with E-state index in [4.69, 9.17) is 4.74 Å². The SMILES string of the molecule is Cc1ccc2c(c1)[C@H]([C@H]1Cc3cccc(C)c3C1=O)OC2=O. The number of fused-ring (bicyclic) bond motifs is 2. The van der Waals surface area contributed by atoms with E-state index >= 15 is 0 Å². The summed E-state index contributed by atoms with van der Waals surface area (Å²) in [6.07, 6.45) is 0.183. The highest BCUT2D eigenvalue weighted by molar-refractivity contribution is 6.05. The standard InChI is InChI=1S/C19H16O3/c1-10-6-7-13-14(8-10)18(22-19(13)21)15-9-12-5-3-4-11(2)16(12)17(15)20/h3-8,15,18H,9H2,1-2H3/t15-,18+/m0/s1. The average molecular weight is 292 g/mol. The van der Waals surface area contributed by atoms with Gasteiger partial charge in [-0.1, -0.05) is 35.9 Å². The minimum absolute atomic E-state index is 0.0975. The summed E-state index contributed by atoms with van der Waals surface area (Å²) >= 11 is 0. The second-order valence-electron chi connectivity index (χ2n) is 6.20. The van der Waals surface area contributed by atoms with E-state index in [0.29, 0.717) is 12.0 Å². The van der Waals surface area contributed by atoms with Crippen molar-refractivity contribution in [1.82, 2.24) is 0 Å². The van der Waals surface area contributed by atoms with Crippen molar-refractivity contribution in [2.24, 2.45) is 5.92 Å². The Bertz CT molecular complexity index is 819. The Morgan fingerprint density at radius 1 is 1.09 bits per heavy atom. The molecule has 2 aromatic rings. The average Bonchev–Trinajstić information content (AvgIpc) is 2.98. The van der Waals surface area contributed by atoms with Crippen LogP contribution in [-0.2, 0) is 11.2 Å². The van der Waals surface area contributed by atoms with Gasteiger partial charge < -0.3 is 4.74 Å². The van der Waals surface area contributed by atoms with Crippen molar-refractivity contribution in [3.63, 3.8) is 0 Å². The predicted octanol–water partition coefficient (Wildman–Crippen LogP) is 3.57. The van der Waals surface area contributed by atoms with Gasteiger partial charge in [0.25, 0.3) is 0 Å². The number of ether oxygens (including phenoxy) is 1. The zero-order valence-corrected chi connectivity index (χ0v) is 12.6. The molecule has 0 unspecified atom stereocenters. The van der Waals surface area contributed by atoms with Gasteiger partial charge in [-0.3, -0.25) is 4.79 Å². The van der Waals surface area contributed by atoms with Gasteiger partial charge in [0.2, 0.25) is 0 Å². The molecular weight excluding hydrogens is 276 g/mol. The molecule has 0 aromatic heterocycles. The third kappa shape index (κ3) is 1.75. The Hall–Kier alpha value is -2.42. The first-order valence-corrected chi connectivity index (χ1v) is 7.50. The number of esters is 1. The summed E-state index contributed by atoms with van der Waals surface area (Å²) in [5, 5.41) is 0. The van der Waals surface area contributed by atoms with Gasteiger partial charge in [-0.25, -0.2) is 4.79 Å². The van der Waals surface area contributed by atoms with E-state index in [2.05, 4.69) is 0 Å². The predicted molar refractivity (Wildman–Crippen MR) is 82.0 cm³/mol. The molecule has 110 valence electrons. The van der Waals surface area contributed by atoms with Gasteiger partial charge in [0.1, 0.15) is 6.10 Å². The van der Waals surface area contributed by atoms with Gasteiger partial charge in [-0.2, -0.15) is 0 Å². The second-order valence-corrected chi connectivity index (χ2v) is 6.20. The van der Waals surface area contributed by atoms with Crippen molar-refractivity contribution in [3.8, 4) is 0 Å². The van der Waals surface area contributed by atoms with E-state index in [1.165, 1.54) is 0 Å². The summed E-state index contributed by atoms with van der Waals surface area (Å²) in [5.41, 5.74) is 5.39. The van der Waals surface area contributed by atoms with E-state index in [0.717, 1.165) is 27.8 Å². The first-order chi connectivity index (χ1) is 10.6. The van der Waals surface area contributed by atoms with Crippen LogP contribution in [0.2, 0.25) is 0 Å². The van der Waals surface area contributed by atoms with E-state index in [1.54, 1.807) is 6.07 Å². The van der Waals surface area contributed by atoms with Gasteiger partial charge in [-0.15, -0.1) is 0 Å². The smallest absolute Gasteiger partial charge is 0.339 e. The number of rotatable bonds is 1. The fourth-order valence-corrected chi connectivity index (χ4v) is 3.66. The molecule has 4 rings (SSSR count). The molecule has 0 radical (unpaired) electrons. The number of hydrogen-bond donors (Lipinski definition) is 0. The molecular formula is C19H16O3. The molecule has 1 heterocycles. The highest BCUT2D eigenvalue weighted by Crippen LogP contribution is 2.43. The van der Waals surface area contributed by atoms with E-state index in [1.807, 2.05) is 44.2 Å². The second kappa shape index (κ2) is 4.54. The molecule has 0 spiro atoms. The van der Waals surface area contributed by atoms with Gasteiger partial charge >= 0.3 is 5.97 Å². The lowest BCUT2D eigenvalue weighted by atomic mass is 9.90. The number of ketones is 1. The van der Waals surface area contributed by atoms with Crippen LogP contribution in [0.3, 0.4) is 0 Å². The lowest BCUT2D eigenvalue weighted by Crippen LogP contribution is -2.19. The maximum absolute atomic E-state index is 12.8. The first kappa shape index (κ1) is 13.3. The summed E-state index contributed by atoms with van der Waals surface area (Å²) in [6, 6.07) is 11.6. The van der Waals surface area contributed by atoms with Crippen molar-refractivity contribution in [1.29, 1.82) is 0 Å². The molecule has 0 bridgehead atoms. The van der Waals surface area contributed by atoms with Crippen LogP contribution in [-0.4, -0.2) is 11.8 Å². The Kier molecular flexibility index (Phi) is 2.73. The lowest BCUT2D eigenvalue weighted by Gasteiger charge is -2.17. The molecule has 22 heavy (non-hydrogen) atoms. The number of benzene rings is 2. The lowest BCUT2D eigenvalue weighted by molar-refractivity contribution is 0.0252. The van der Waals surface area contributed by atoms with Gasteiger partial charge in [0.15, 0.2) is 5.78 Å². The van der Waals surface area contributed by atoms with Crippen molar-refractivity contribution in [2.45, 2.75) is 26.4 Å². The molecule has 2 aliphatic rings. The summed E-state index contributed by atoms with van der Waals surface area (Å²) in [5.74, 6) is -0.524. The first-order valence-electron chi connectivity index (χ1n) is 7.50. The van der Waals surface area contributed by atoms with E-state index in [-0.39, 0.29) is 17.7 Å². The Morgan fingerprint density at radius 3 is 2.68 bits per heavy atom. The van der Waals surface area contributed by atoms with E-state index < -0.39 is 6.10 Å².